The molecule has 656 valence electrons. The lowest BCUT2D eigenvalue weighted by Crippen LogP contribution is -2.70. The molecule has 48 heteroatoms. The fourth-order valence-corrected chi connectivity index (χ4v) is 14.6. The first-order chi connectivity index (χ1) is 53.9. The summed E-state index contributed by atoms with van der Waals surface area (Å²) in [7, 11) is 0. The molecular weight excluding hydrogens is 1520 g/mol. The quantitative estimate of drug-likeness (QED) is 0.0278. The number of rotatable bonds is 32. The minimum Gasteiger partial charge on any atom is -0.395 e. The number of aliphatic hydroxyl groups is 24. The maximum Gasteiger partial charge on any atom is 0.187 e. The van der Waals surface area contributed by atoms with Gasteiger partial charge in [-0.05, 0) is 0 Å². The van der Waals surface area contributed by atoms with E-state index in [4.69, 9.17) is 75.8 Å². The van der Waals surface area contributed by atoms with E-state index >= 15 is 0 Å². The van der Waals surface area contributed by atoms with Gasteiger partial charge in [0.25, 0.3) is 0 Å². The molecule has 0 aromatic rings. The van der Waals surface area contributed by atoms with Crippen LogP contribution in [0.1, 0.15) is 0 Å². The minimum atomic E-state index is -2.19. The molecule has 30 aliphatic heterocycles. The Morgan fingerprint density at radius 1 is 0.143 bits per heavy atom. The average Bonchev–Trinajstić information content (AvgIpc) is 0.771. The van der Waals surface area contributed by atoms with Crippen molar-refractivity contribution in [3.8, 4) is 0 Å². The average molecular weight is 1640 g/mol. The van der Waals surface area contributed by atoms with E-state index in [1.807, 2.05) is 0 Å². The molecule has 32 N–H and O–H groups in total. The first-order valence-electron chi connectivity index (χ1n) is 37.8. The van der Waals surface area contributed by atoms with E-state index in [2.05, 4.69) is 42.5 Å². The highest BCUT2D eigenvalue weighted by Crippen LogP contribution is 2.40. The lowest BCUT2D eigenvalue weighted by molar-refractivity contribution is -0.399. The van der Waals surface area contributed by atoms with E-state index < -0.39 is 299 Å². The van der Waals surface area contributed by atoms with Crippen LogP contribution < -0.4 is 42.5 Å². The molecule has 0 saturated carbocycles. The third kappa shape index (κ3) is 23.4. The lowest BCUT2D eigenvalue weighted by Gasteiger charge is -2.51. The van der Waals surface area contributed by atoms with Crippen molar-refractivity contribution in [1.82, 2.24) is 42.5 Å². The molecule has 0 unspecified atom stereocenters. The molecular formula is C64H120N8O40. The molecule has 0 aromatic carbocycles. The molecule has 30 aliphatic rings. The summed E-state index contributed by atoms with van der Waals surface area (Å²) in [6.07, 6.45) is -76.8. The zero-order chi connectivity index (χ0) is 81.0. The predicted molar refractivity (Wildman–Crippen MR) is 364 cm³/mol. The first kappa shape index (κ1) is 93.9. The standard InChI is InChI=1S/C64H120N8O40/c73-9-1-65-17-25-49-33(81)41(89)57(97-25)106-50-26(18-66-2-10-74)99-59(43(91)35(50)83)108-52-28(20-68-4-12-76)101-61(45(93)37(52)85)110-54-30(22-70-6-14-78)103-63(47(95)39(54)87)112-56-32(24-72-8-16-80)104-64(48(96)40(56)88)111-55-31(23-71-7-15-79)102-62(46(94)38(55)86)109-53-29(21-69-5-13-77)100-60(44(92)36(53)84)107-51-27(19-67-3-11-75)98-58(105-49)42(90)34(51)82/h25-96H,1-24H2/t25-,26-,27-,28-,29-,30+,31+,32+,33-,34-,35-,36-,37-,38-,39-,40-,41-,42+,43-,44+,45+,46-,47+,48-,49-,50-,51-,52-,53-,54-,55-,56-,57-,58-,59-,60-,61-,62-,63-,64-/m1/s1. The van der Waals surface area contributed by atoms with Crippen LogP contribution in [-0.2, 0) is 75.8 Å². The summed E-state index contributed by atoms with van der Waals surface area (Å²) in [6, 6.07) is 0. The van der Waals surface area contributed by atoms with Gasteiger partial charge in [0.2, 0.25) is 0 Å². The molecule has 16 bridgehead atoms. The molecule has 30 fully saturated rings. The number of aliphatic hydroxyl groups excluding tert-OH is 24. The number of nitrogens with one attached hydrogen (secondary N) is 8. The summed E-state index contributed by atoms with van der Waals surface area (Å²) in [6.45, 7) is -7.26. The topological polar surface area (TPSA) is 729 Å². The maximum atomic E-state index is 12.1. The molecule has 112 heavy (non-hydrogen) atoms. The fourth-order valence-electron chi connectivity index (χ4n) is 14.6. The third-order valence-electron chi connectivity index (χ3n) is 20.5. The number of hydrogen-bond donors (Lipinski definition) is 32. The lowest BCUT2D eigenvalue weighted by atomic mass is 9.94. The van der Waals surface area contributed by atoms with Crippen molar-refractivity contribution < 1.29 is 198 Å². The highest BCUT2D eigenvalue weighted by Gasteiger charge is 2.61. The summed E-state index contributed by atoms with van der Waals surface area (Å²) in [4.78, 5) is 0. The van der Waals surface area contributed by atoms with Gasteiger partial charge in [0.05, 0.1) is 52.9 Å². The van der Waals surface area contributed by atoms with Gasteiger partial charge < -0.3 is 241 Å². The molecule has 30 heterocycles. The smallest absolute Gasteiger partial charge is 0.187 e. The molecule has 0 spiro atoms. The van der Waals surface area contributed by atoms with Gasteiger partial charge in [0, 0.05) is 105 Å². The van der Waals surface area contributed by atoms with Gasteiger partial charge in [-0.15, -0.1) is 0 Å². The molecule has 0 aliphatic carbocycles. The Kier molecular flexibility index (Phi) is 38.7. The Morgan fingerprint density at radius 2 is 0.241 bits per heavy atom. The SMILES string of the molecule is OCCNC[C@@H]1O[C@@H]2O[C@H]3[C@H](O)[C@@H](O)[C@@H](O[C@H]4[C@H](O)[C@@H](O)[C@@H](O[C@H]5[C@H](O)[C@H](O)[C@@H](O[C@H]6[C@H](O)[C@H](O)[C@@H](O[C@H]7[C@H](O)[C@@H](O)[C@@H](O[C@H]8[C@H](O)[C@@H](O)[C@@H](O[C@H]9[C@H](O)[C@H](O)[C@@H](O[C@H]1[C@H](O)[C@@H]2O)O[C@@H]9CNCCO)O[C@@H]8CNCCO)O[C@@H]7CNCCO)O[C@@H]6CNCCO)O[C@@H]5CNCCO)O[C@H]4CNCCO)O[C@H]3CNCCO. The van der Waals surface area contributed by atoms with E-state index in [-0.39, 0.29) is 105 Å². The van der Waals surface area contributed by atoms with Crippen molar-refractivity contribution >= 4 is 0 Å². The van der Waals surface area contributed by atoms with Gasteiger partial charge in [-0.1, -0.05) is 0 Å². The largest absolute Gasteiger partial charge is 0.395 e. The second-order valence-electron chi connectivity index (χ2n) is 28.4. The van der Waals surface area contributed by atoms with Crippen molar-refractivity contribution in [1.29, 1.82) is 0 Å². The second kappa shape index (κ2) is 46.2. The summed E-state index contributed by atoms with van der Waals surface area (Å²) < 4.78 is 99.6. The Hall–Kier alpha value is -1.92. The summed E-state index contributed by atoms with van der Waals surface area (Å²) >= 11 is 0. The van der Waals surface area contributed by atoms with Crippen molar-refractivity contribution in [2.45, 2.75) is 246 Å². The molecule has 48 nitrogen and oxygen atoms in total. The Morgan fingerprint density at radius 3 is 0.330 bits per heavy atom. The van der Waals surface area contributed by atoms with Crippen molar-refractivity contribution in [3.05, 3.63) is 0 Å². The van der Waals surface area contributed by atoms with Gasteiger partial charge >= 0.3 is 0 Å². The predicted octanol–water partition coefficient (Wildman–Crippen LogP) is -20.7. The van der Waals surface area contributed by atoms with Crippen molar-refractivity contribution in [2.75, 3.05) is 158 Å². The third-order valence-corrected chi connectivity index (χ3v) is 20.5. The van der Waals surface area contributed by atoms with Crippen LogP contribution in [-0.4, -0.2) is 526 Å². The van der Waals surface area contributed by atoms with Crippen molar-refractivity contribution in [2.24, 2.45) is 0 Å². The molecule has 30 saturated heterocycles. The maximum absolute atomic E-state index is 12.1. The van der Waals surface area contributed by atoms with E-state index in [1.54, 1.807) is 0 Å². The van der Waals surface area contributed by atoms with Gasteiger partial charge in [0.15, 0.2) is 50.3 Å². The first-order valence-corrected chi connectivity index (χ1v) is 37.8. The Bertz CT molecular complexity index is 2120. The van der Waals surface area contributed by atoms with Crippen LogP contribution in [0, 0.1) is 0 Å². The second-order valence-corrected chi connectivity index (χ2v) is 28.4. The van der Waals surface area contributed by atoms with E-state index in [0.29, 0.717) is 0 Å². The highest BCUT2D eigenvalue weighted by molar-refractivity contribution is 5.04. The molecule has 30 rings (SSSR count). The van der Waals surface area contributed by atoms with Crippen LogP contribution in [0.2, 0.25) is 0 Å². The van der Waals surface area contributed by atoms with Gasteiger partial charge in [-0.2, -0.15) is 0 Å². The fraction of sp³-hybridized carbons (Fsp3) is 1.00. The zero-order valence-corrected chi connectivity index (χ0v) is 61.3. The molecule has 0 radical (unpaired) electrons. The van der Waals surface area contributed by atoms with Crippen LogP contribution in [0.25, 0.3) is 0 Å². The normalized spacial score (nSPS) is 46.1. The van der Waals surface area contributed by atoms with Crippen LogP contribution in [0.3, 0.4) is 0 Å². The highest BCUT2D eigenvalue weighted by atomic mass is 16.8. The molecule has 40 atom stereocenters. The Labute approximate surface area is 642 Å². The van der Waals surface area contributed by atoms with Gasteiger partial charge in [0.1, 0.15) is 195 Å². The van der Waals surface area contributed by atoms with Gasteiger partial charge in [-0.25, -0.2) is 0 Å². The van der Waals surface area contributed by atoms with E-state index in [1.165, 1.54) is 0 Å². The zero-order valence-electron chi connectivity index (χ0n) is 61.3. The Balaban J connectivity index is 1.07. The van der Waals surface area contributed by atoms with Crippen LogP contribution in [0.4, 0.5) is 0 Å². The van der Waals surface area contributed by atoms with Gasteiger partial charge in [-0.3, -0.25) is 0 Å². The monoisotopic (exact) mass is 1640 g/mol. The molecule has 0 aromatic heterocycles. The van der Waals surface area contributed by atoms with Crippen LogP contribution >= 0.6 is 0 Å². The van der Waals surface area contributed by atoms with Crippen LogP contribution in [0.5, 0.6) is 0 Å². The van der Waals surface area contributed by atoms with E-state index in [9.17, 15) is 123 Å². The minimum absolute atomic E-state index is 0.109. The number of ether oxygens (including phenoxy) is 16. The molecule has 0 amide bonds. The summed E-state index contributed by atoms with van der Waals surface area (Å²) in [5, 5.41) is 294. The number of hydrogen-bond acceptors (Lipinski definition) is 48. The summed E-state index contributed by atoms with van der Waals surface area (Å²) in [5.74, 6) is 0. The van der Waals surface area contributed by atoms with Crippen molar-refractivity contribution in [3.63, 3.8) is 0 Å². The van der Waals surface area contributed by atoms with E-state index in [0.717, 1.165) is 0 Å². The summed E-state index contributed by atoms with van der Waals surface area (Å²) in [5.41, 5.74) is 0. The van der Waals surface area contributed by atoms with Crippen LogP contribution in [0.15, 0.2) is 0 Å².